The fraction of sp³-hybridized carbons (Fsp3) is 0.286. The lowest BCUT2D eigenvalue weighted by atomic mass is 10.1. The Morgan fingerprint density at radius 3 is 2.55 bits per heavy atom. The number of hydrogen-bond donors (Lipinski definition) is 1. The third kappa shape index (κ3) is 4.65. The zero-order valence-corrected chi connectivity index (χ0v) is 17.1. The summed E-state index contributed by atoms with van der Waals surface area (Å²) in [6, 6.07) is 17.5. The zero-order valence-electron chi connectivity index (χ0n) is 16.2. The second-order valence-corrected chi connectivity index (χ2v) is 7.49. The van der Waals surface area contributed by atoms with Crippen LogP contribution in [0, 0.1) is 0 Å². The topological polar surface area (TPSA) is 70.6 Å². The second-order valence-electron chi connectivity index (χ2n) is 6.76. The van der Waals surface area contributed by atoms with Crippen molar-refractivity contribution < 1.29 is 9.53 Å². The fourth-order valence-electron chi connectivity index (χ4n) is 3.27. The quantitative estimate of drug-likeness (QED) is 0.699. The molecular weight excluding hydrogens is 386 g/mol. The lowest BCUT2D eigenvalue weighted by Crippen LogP contribution is -2.50. The molecule has 0 radical (unpaired) electrons. The molecule has 2 heterocycles. The van der Waals surface area contributed by atoms with Gasteiger partial charge < -0.3 is 19.9 Å². The largest absolute Gasteiger partial charge is 0.495 e. The first-order chi connectivity index (χ1) is 14.2. The van der Waals surface area contributed by atoms with E-state index in [1.807, 2.05) is 47.4 Å². The van der Waals surface area contributed by atoms with E-state index in [1.165, 1.54) is 17.1 Å². The Balaban J connectivity index is 1.32. The molecule has 150 valence electrons. The lowest BCUT2D eigenvalue weighted by molar-refractivity contribution is 0.208. The molecule has 1 aliphatic rings. The van der Waals surface area contributed by atoms with Crippen molar-refractivity contribution in [1.82, 2.24) is 14.3 Å². The highest BCUT2D eigenvalue weighted by Gasteiger charge is 2.24. The maximum Gasteiger partial charge on any atom is 0.322 e. The van der Waals surface area contributed by atoms with Gasteiger partial charge in [0.15, 0.2) is 0 Å². The summed E-state index contributed by atoms with van der Waals surface area (Å²) in [6.45, 7) is 2.74. The number of anilines is 2. The Hall–Kier alpha value is -3.13. The van der Waals surface area contributed by atoms with E-state index in [1.54, 1.807) is 7.11 Å². The van der Waals surface area contributed by atoms with Crippen LogP contribution >= 0.6 is 11.5 Å². The number of piperazine rings is 1. The Kier molecular flexibility index (Phi) is 5.90. The normalized spacial score (nSPS) is 14.0. The molecule has 0 atom stereocenters. The minimum absolute atomic E-state index is 0.115. The van der Waals surface area contributed by atoms with Crippen molar-refractivity contribution in [3.8, 4) is 5.75 Å². The number of ether oxygens (including phenoxy) is 1. The third-order valence-electron chi connectivity index (χ3n) is 4.85. The van der Waals surface area contributed by atoms with Crippen LogP contribution in [0.3, 0.4) is 0 Å². The van der Waals surface area contributed by atoms with E-state index >= 15 is 0 Å². The monoisotopic (exact) mass is 409 g/mol. The van der Waals surface area contributed by atoms with E-state index in [0.29, 0.717) is 24.5 Å². The number of carbonyl (C=O) groups excluding carboxylic acids is 1. The second kappa shape index (κ2) is 8.91. The van der Waals surface area contributed by atoms with Gasteiger partial charge in [-0.3, -0.25) is 0 Å². The summed E-state index contributed by atoms with van der Waals surface area (Å²) in [5.41, 5.74) is 1.88. The predicted molar refractivity (Wildman–Crippen MR) is 115 cm³/mol. The Morgan fingerprint density at radius 2 is 1.79 bits per heavy atom. The van der Waals surface area contributed by atoms with Crippen LogP contribution in [0.15, 0.2) is 54.6 Å². The van der Waals surface area contributed by atoms with Crippen molar-refractivity contribution in [3.05, 3.63) is 66.0 Å². The minimum Gasteiger partial charge on any atom is -0.495 e. The summed E-state index contributed by atoms with van der Waals surface area (Å²) in [5.74, 6) is 1.49. The maximum absolute atomic E-state index is 12.6. The van der Waals surface area contributed by atoms with Crippen LogP contribution in [0.2, 0.25) is 0 Å². The molecule has 1 aromatic heterocycles. The van der Waals surface area contributed by atoms with E-state index in [2.05, 4.69) is 31.7 Å². The van der Waals surface area contributed by atoms with Gasteiger partial charge in [0.05, 0.1) is 12.8 Å². The molecule has 0 saturated carbocycles. The summed E-state index contributed by atoms with van der Waals surface area (Å²) in [5, 5.41) is 3.85. The van der Waals surface area contributed by atoms with Crippen molar-refractivity contribution in [3.63, 3.8) is 0 Å². The summed E-state index contributed by atoms with van der Waals surface area (Å²) >= 11 is 1.42. The average Bonchev–Trinajstić information content (AvgIpc) is 3.23. The number of rotatable bonds is 5. The first-order valence-corrected chi connectivity index (χ1v) is 10.3. The van der Waals surface area contributed by atoms with Gasteiger partial charge in [0.1, 0.15) is 11.6 Å². The van der Waals surface area contributed by atoms with Crippen molar-refractivity contribution in [2.24, 2.45) is 0 Å². The summed E-state index contributed by atoms with van der Waals surface area (Å²) in [7, 11) is 1.60. The van der Waals surface area contributed by atoms with Crippen LogP contribution in [0.25, 0.3) is 0 Å². The van der Waals surface area contributed by atoms with Crippen molar-refractivity contribution >= 4 is 28.4 Å². The van der Waals surface area contributed by atoms with Gasteiger partial charge in [-0.05, 0) is 17.7 Å². The maximum atomic E-state index is 12.6. The summed E-state index contributed by atoms with van der Waals surface area (Å²) in [4.78, 5) is 21.3. The Bertz CT molecular complexity index is 954. The molecule has 7 nitrogen and oxygen atoms in total. The van der Waals surface area contributed by atoms with E-state index in [0.717, 1.165) is 30.5 Å². The van der Waals surface area contributed by atoms with Crippen LogP contribution in [0.5, 0.6) is 5.75 Å². The number of methoxy groups -OCH3 is 1. The van der Waals surface area contributed by atoms with Crippen LogP contribution < -0.4 is 15.0 Å². The lowest BCUT2D eigenvalue weighted by Gasteiger charge is -2.34. The van der Waals surface area contributed by atoms with Gasteiger partial charge in [-0.2, -0.15) is 4.37 Å². The van der Waals surface area contributed by atoms with Crippen LogP contribution in [0.4, 0.5) is 15.6 Å². The van der Waals surface area contributed by atoms with Gasteiger partial charge in [-0.15, -0.1) is 0 Å². The fourth-order valence-corrected chi connectivity index (χ4v) is 4.00. The molecule has 1 N–H and O–H groups in total. The number of nitrogens with one attached hydrogen (secondary N) is 1. The highest BCUT2D eigenvalue weighted by molar-refractivity contribution is 7.09. The van der Waals surface area contributed by atoms with Crippen LogP contribution in [0.1, 0.15) is 11.4 Å². The summed E-state index contributed by atoms with van der Waals surface area (Å²) < 4.78 is 9.80. The van der Waals surface area contributed by atoms with Crippen molar-refractivity contribution in [2.45, 2.75) is 6.42 Å². The molecule has 0 bridgehead atoms. The number of aromatic nitrogens is 2. The highest BCUT2D eigenvalue weighted by atomic mass is 32.1. The molecular formula is C21H23N5O2S. The van der Waals surface area contributed by atoms with E-state index < -0.39 is 0 Å². The standard InChI is InChI=1S/C21H23N5O2S/c1-28-18-10-6-5-9-17(18)22-20(27)25-11-13-26(14-12-25)21-23-19(24-29-21)15-16-7-3-2-4-8-16/h2-10H,11-15H2,1H3,(H,22,27). The molecule has 3 aromatic rings. The molecule has 1 saturated heterocycles. The highest BCUT2D eigenvalue weighted by Crippen LogP contribution is 2.24. The number of nitrogens with zero attached hydrogens (tertiary/aromatic N) is 4. The smallest absolute Gasteiger partial charge is 0.322 e. The number of urea groups is 1. The molecule has 0 spiro atoms. The molecule has 0 aliphatic carbocycles. The molecule has 1 aliphatic heterocycles. The van der Waals surface area contributed by atoms with Crippen LogP contribution in [-0.2, 0) is 6.42 Å². The minimum atomic E-state index is -0.115. The molecule has 2 amide bonds. The van der Waals surface area contributed by atoms with Gasteiger partial charge in [-0.25, -0.2) is 9.78 Å². The van der Waals surface area contributed by atoms with Gasteiger partial charge in [-0.1, -0.05) is 42.5 Å². The first kappa shape index (κ1) is 19.2. The molecule has 0 unspecified atom stereocenters. The third-order valence-corrected chi connectivity index (χ3v) is 5.66. The SMILES string of the molecule is COc1ccccc1NC(=O)N1CCN(c2nc(Cc3ccccc3)ns2)CC1. The van der Waals surface area contributed by atoms with Gasteiger partial charge in [0, 0.05) is 44.1 Å². The Morgan fingerprint density at radius 1 is 1.07 bits per heavy atom. The molecule has 29 heavy (non-hydrogen) atoms. The molecule has 8 heteroatoms. The predicted octanol–water partition coefficient (Wildman–Crippen LogP) is 3.49. The molecule has 4 rings (SSSR count). The zero-order chi connectivity index (χ0) is 20.1. The van der Waals surface area contributed by atoms with Gasteiger partial charge in [0.2, 0.25) is 5.13 Å². The number of para-hydroxylation sites is 2. The van der Waals surface area contributed by atoms with E-state index in [-0.39, 0.29) is 6.03 Å². The first-order valence-electron chi connectivity index (χ1n) is 9.53. The van der Waals surface area contributed by atoms with Crippen LogP contribution in [-0.4, -0.2) is 53.6 Å². The van der Waals surface area contributed by atoms with Gasteiger partial charge in [0.25, 0.3) is 0 Å². The number of hydrogen-bond acceptors (Lipinski definition) is 6. The number of benzene rings is 2. The van der Waals surface area contributed by atoms with Crippen molar-refractivity contribution in [2.75, 3.05) is 43.5 Å². The van der Waals surface area contributed by atoms with E-state index in [9.17, 15) is 4.79 Å². The van der Waals surface area contributed by atoms with E-state index in [4.69, 9.17) is 4.74 Å². The number of amides is 2. The van der Waals surface area contributed by atoms with Crippen molar-refractivity contribution in [1.29, 1.82) is 0 Å². The molecule has 1 fully saturated rings. The van der Waals surface area contributed by atoms with Gasteiger partial charge >= 0.3 is 6.03 Å². The number of carbonyl (C=O) groups is 1. The Labute approximate surface area is 174 Å². The summed E-state index contributed by atoms with van der Waals surface area (Å²) in [6.07, 6.45) is 0.735. The molecule has 2 aromatic carbocycles. The average molecular weight is 410 g/mol.